The van der Waals surface area contributed by atoms with Crippen molar-refractivity contribution in [2.45, 2.75) is 57.5 Å². The summed E-state index contributed by atoms with van der Waals surface area (Å²) in [6.07, 6.45) is 7.86. The molecule has 1 saturated carbocycles. The van der Waals surface area contributed by atoms with Crippen molar-refractivity contribution in [1.29, 1.82) is 0 Å². The fourth-order valence-corrected chi connectivity index (χ4v) is 4.38. The van der Waals surface area contributed by atoms with Crippen molar-refractivity contribution in [3.05, 3.63) is 47.7 Å². The molecule has 1 aliphatic carbocycles. The van der Waals surface area contributed by atoms with Crippen molar-refractivity contribution in [2.75, 3.05) is 4.90 Å². The van der Waals surface area contributed by atoms with E-state index in [2.05, 4.69) is 48.0 Å². The number of aromatic nitrogens is 1. The highest BCUT2D eigenvalue weighted by atomic mass is 16.3. The second-order valence-electron chi connectivity index (χ2n) is 6.49. The fourth-order valence-electron chi connectivity index (χ4n) is 4.38. The number of para-hydroxylation sites is 1. The van der Waals surface area contributed by atoms with Crippen LogP contribution in [0.25, 0.3) is 0 Å². The molecule has 3 nitrogen and oxygen atoms in total. The molecule has 21 heavy (non-hydrogen) atoms. The zero-order chi connectivity index (χ0) is 14.4. The maximum atomic E-state index is 5.88. The first-order chi connectivity index (χ1) is 10.2. The van der Waals surface area contributed by atoms with Crippen LogP contribution in [0.2, 0.25) is 0 Å². The topological polar surface area (TPSA) is 29.3 Å². The van der Waals surface area contributed by atoms with Gasteiger partial charge in [-0.2, -0.15) is 0 Å². The number of aryl methyl sites for hydroxylation is 1. The molecular weight excluding hydrogens is 260 g/mol. The summed E-state index contributed by atoms with van der Waals surface area (Å²) in [7, 11) is 0. The van der Waals surface area contributed by atoms with E-state index in [0.29, 0.717) is 0 Å². The molecule has 1 spiro atoms. The Morgan fingerprint density at radius 2 is 1.95 bits per heavy atom. The van der Waals surface area contributed by atoms with Gasteiger partial charge in [0.1, 0.15) is 11.2 Å². The summed E-state index contributed by atoms with van der Waals surface area (Å²) < 4.78 is 5.88. The van der Waals surface area contributed by atoms with E-state index in [1.165, 1.54) is 43.4 Å². The summed E-state index contributed by atoms with van der Waals surface area (Å²) in [6.45, 7) is 4.46. The van der Waals surface area contributed by atoms with E-state index < -0.39 is 0 Å². The van der Waals surface area contributed by atoms with Gasteiger partial charge in [-0.1, -0.05) is 37.5 Å². The quantitative estimate of drug-likeness (QED) is 0.757. The maximum absolute atomic E-state index is 5.88. The van der Waals surface area contributed by atoms with Gasteiger partial charge in [0.05, 0.1) is 6.04 Å². The minimum atomic E-state index is 0.0234. The Balaban J connectivity index is 1.89. The first kappa shape index (κ1) is 12.9. The molecule has 1 aliphatic heterocycles. The van der Waals surface area contributed by atoms with Crippen LogP contribution in [0.15, 0.2) is 35.1 Å². The van der Waals surface area contributed by atoms with Crippen molar-refractivity contribution in [2.24, 2.45) is 0 Å². The molecule has 110 valence electrons. The lowest BCUT2D eigenvalue weighted by molar-refractivity contribution is 0.242. The average Bonchev–Trinajstić information content (AvgIpc) is 3.06. The van der Waals surface area contributed by atoms with Crippen molar-refractivity contribution in [3.63, 3.8) is 0 Å². The summed E-state index contributed by atoms with van der Waals surface area (Å²) in [6, 6.07) is 8.99. The molecule has 0 radical (unpaired) electrons. The predicted octanol–water partition coefficient (Wildman–Crippen LogP) is 4.72. The minimum Gasteiger partial charge on any atom is -0.446 e. The van der Waals surface area contributed by atoms with Crippen LogP contribution < -0.4 is 4.90 Å². The fraction of sp³-hybridized carbons (Fsp3) is 0.500. The molecule has 0 bridgehead atoms. The normalized spacial score (nSPS) is 23.5. The third-order valence-electron chi connectivity index (χ3n) is 5.32. The molecule has 0 saturated heterocycles. The zero-order valence-corrected chi connectivity index (χ0v) is 12.8. The second-order valence-corrected chi connectivity index (χ2v) is 6.49. The van der Waals surface area contributed by atoms with Gasteiger partial charge in [-0.15, -0.1) is 0 Å². The molecule has 4 rings (SSSR count). The Bertz CT molecular complexity index is 655. The van der Waals surface area contributed by atoms with Crippen LogP contribution in [0.1, 0.15) is 62.1 Å². The number of benzene rings is 1. The summed E-state index contributed by atoms with van der Waals surface area (Å²) in [5, 5.41) is 0. The first-order valence-corrected chi connectivity index (χ1v) is 8.03. The van der Waals surface area contributed by atoms with Gasteiger partial charge in [0.25, 0.3) is 0 Å². The van der Waals surface area contributed by atoms with E-state index in [-0.39, 0.29) is 11.6 Å². The lowest BCUT2D eigenvalue weighted by Gasteiger charge is -2.44. The molecular formula is C18H22N2O. The van der Waals surface area contributed by atoms with E-state index in [4.69, 9.17) is 4.42 Å². The number of oxazole rings is 1. The number of hydrogen-bond acceptors (Lipinski definition) is 3. The highest BCUT2D eigenvalue weighted by molar-refractivity contribution is 5.61. The number of hydrogen-bond donors (Lipinski definition) is 0. The number of anilines is 1. The van der Waals surface area contributed by atoms with E-state index in [9.17, 15) is 0 Å². The van der Waals surface area contributed by atoms with Crippen LogP contribution >= 0.6 is 0 Å². The van der Waals surface area contributed by atoms with E-state index >= 15 is 0 Å². The van der Waals surface area contributed by atoms with Crippen molar-refractivity contribution >= 4 is 5.69 Å². The third-order valence-corrected chi connectivity index (χ3v) is 5.32. The number of rotatable bonds is 1. The van der Waals surface area contributed by atoms with E-state index in [1.54, 1.807) is 6.39 Å². The van der Waals surface area contributed by atoms with Crippen molar-refractivity contribution in [3.8, 4) is 0 Å². The van der Waals surface area contributed by atoms with Gasteiger partial charge in [0.2, 0.25) is 0 Å². The number of nitrogens with zero attached hydrogens (tertiary/aromatic N) is 2. The average molecular weight is 282 g/mol. The molecule has 3 heteroatoms. The molecule has 1 aromatic carbocycles. The number of fused-ring (bicyclic) bond motifs is 2. The summed E-state index contributed by atoms with van der Waals surface area (Å²) in [5.74, 6) is 1.12. The highest BCUT2D eigenvalue weighted by Gasteiger charge is 2.53. The van der Waals surface area contributed by atoms with Gasteiger partial charge >= 0.3 is 0 Å². The molecule has 2 aliphatic rings. The Labute approximate surface area is 126 Å². The maximum Gasteiger partial charge on any atom is 0.181 e. The van der Waals surface area contributed by atoms with Crippen LogP contribution in [0, 0.1) is 6.92 Å². The van der Waals surface area contributed by atoms with Gasteiger partial charge in [0, 0.05) is 5.69 Å². The third kappa shape index (κ3) is 1.69. The molecule has 0 N–H and O–H groups in total. The summed E-state index contributed by atoms with van der Waals surface area (Å²) in [4.78, 5) is 7.11. The lowest BCUT2D eigenvalue weighted by Crippen LogP contribution is -2.44. The summed E-state index contributed by atoms with van der Waals surface area (Å²) in [5.41, 5.74) is 3.83. The van der Waals surface area contributed by atoms with Gasteiger partial charge in [-0.3, -0.25) is 0 Å². The monoisotopic (exact) mass is 282 g/mol. The molecule has 2 aromatic rings. The molecule has 1 unspecified atom stereocenters. The molecule has 2 heterocycles. The van der Waals surface area contributed by atoms with E-state index in [0.717, 1.165) is 11.5 Å². The Morgan fingerprint density at radius 1 is 1.19 bits per heavy atom. The lowest BCUT2D eigenvalue weighted by atomic mass is 9.79. The van der Waals surface area contributed by atoms with Crippen LogP contribution in [-0.4, -0.2) is 4.98 Å². The highest BCUT2D eigenvalue weighted by Crippen LogP contribution is 2.55. The molecule has 1 aromatic heterocycles. The van der Waals surface area contributed by atoms with Crippen molar-refractivity contribution in [1.82, 2.24) is 4.98 Å². The van der Waals surface area contributed by atoms with Gasteiger partial charge < -0.3 is 9.32 Å². The predicted molar refractivity (Wildman–Crippen MR) is 83.3 cm³/mol. The first-order valence-electron chi connectivity index (χ1n) is 8.03. The minimum absolute atomic E-state index is 0.0234. The SMILES string of the molecule is Cc1ccccc1N1C(C)c2ncoc2C12CCCCC2. The molecule has 0 amide bonds. The van der Waals surface area contributed by atoms with Crippen molar-refractivity contribution < 1.29 is 4.42 Å². The van der Waals surface area contributed by atoms with Crippen LogP contribution in [0.5, 0.6) is 0 Å². The second kappa shape index (κ2) is 4.62. The largest absolute Gasteiger partial charge is 0.446 e. The van der Waals surface area contributed by atoms with Gasteiger partial charge in [0.15, 0.2) is 12.2 Å². The molecule has 1 fully saturated rings. The standard InChI is InChI=1S/C18H22N2O/c1-13-8-4-5-9-15(13)20-14(2)16-17(21-12-19-16)18(20)10-6-3-7-11-18/h4-5,8-9,12,14H,3,6-7,10-11H2,1-2H3. The van der Waals surface area contributed by atoms with Gasteiger partial charge in [-0.05, 0) is 38.3 Å². The zero-order valence-electron chi connectivity index (χ0n) is 12.8. The Hall–Kier alpha value is -1.77. The van der Waals surface area contributed by atoms with Crippen LogP contribution in [0.3, 0.4) is 0 Å². The Morgan fingerprint density at radius 3 is 2.71 bits per heavy atom. The summed E-state index contributed by atoms with van der Waals surface area (Å²) >= 11 is 0. The Kier molecular flexibility index (Phi) is 2.84. The van der Waals surface area contributed by atoms with Crippen LogP contribution in [0.4, 0.5) is 5.69 Å². The van der Waals surface area contributed by atoms with Gasteiger partial charge in [-0.25, -0.2) is 4.98 Å². The van der Waals surface area contributed by atoms with E-state index in [1.807, 2.05) is 0 Å². The smallest absolute Gasteiger partial charge is 0.181 e. The molecule has 1 atom stereocenters. The van der Waals surface area contributed by atoms with Crippen LogP contribution in [-0.2, 0) is 5.54 Å².